The summed E-state index contributed by atoms with van der Waals surface area (Å²) in [5, 5.41) is 0.594. The number of nitrogens with zero attached hydrogens (tertiary/aromatic N) is 4. The van der Waals surface area contributed by atoms with E-state index in [4.69, 9.17) is 4.74 Å². The van der Waals surface area contributed by atoms with Crippen molar-refractivity contribution in [3.63, 3.8) is 0 Å². The molecule has 2 amide bonds. The summed E-state index contributed by atoms with van der Waals surface area (Å²) >= 11 is 1.30. The Morgan fingerprint density at radius 1 is 1.17 bits per heavy atom. The molecule has 132 valence electrons. The van der Waals surface area contributed by atoms with E-state index < -0.39 is 0 Å². The quantitative estimate of drug-likeness (QED) is 0.577. The van der Waals surface area contributed by atoms with E-state index in [1.807, 2.05) is 20.8 Å². The minimum atomic E-state index is -0.110. The maximum Gasteiger partial charge on any atom is 0.242 e. The van der Waals surface area contributed by atoms with Crippen LogP contribution in [0.25, 0.3) is 0 Å². The zero-order chi connectivity index (χ0) is 17.7. The van der Waals surface area contributed by atoms with E-state index in [9.17, 15) is 9.59 Å². The zero-order valence-electron chi connectivity index (χ0n) is 14.7. The molecule has 8 heteroatoms. The van der Waals surface area contributed by atoms with Crippen molar-refractivity contribution in [2.75, 3.05) is 45.6 Å². The normalized spacial score (nSPS) is 14.6. The van der Waals surface area contributed by atoms with E-state index in [2.05, 4.69) is 9.97 Å². The number of carbonyl (C=O) groups is 2. The fraction of sp³-hybridized carbons (Fsp3) is 0.625. The van der Waals surface area contributed by atoms with E-state index in [1.165, 1.54) is 16.7 Å². The van der Waals surface area contributed by atoms with Crippen molar-refractivity contribution < 1.29 is 14.3 Å². The molecule has 1 fully saturated rings. The molecule has 1 aliphatic rings. The number of hydrogen-bond acceptors (Lipinski definition) is 6. The van der Waals surface area contributed by atoms with Gasteiger partial charge in [-0.2, -0.15) is 0 Å². The van der Waals surface area contributed by atoms with Gasteiger partial charge < -0.3 is 14.5 Å². The van der Waals surface area contributed by atoms with Crippen molar-refractivity contribution in [2.45, 2.75) is 25.9 Å². The third kappa shape index (κ3) is 4.91. The maximum atomic E-state index is 12.2. The minimum Gasteiger partial charge on any atom is -0.378 e. The number of likely N-dealkylation sites (N-methyl/N-ethyl adjacent to an activating group) is 1. The van der Waals surface area contributed by atoms with Crippen LogP contribution in [0, 0.1) is 20.8 Å². The average molecular weight is 352 g/mol. The van der Waals surface area contributed by atoms with Crippen LogP contribution in [0.4, 0.5) is 0 Å². The fourth-order valence-corrected chi connectivity index (χ4v) is 3.12. The standard InChI is InChI=1S/C16H24N4O3S/c1-11-12(2)17-16(18-13(11)3)24-10-15(22)19(4)9-14(21)20-5-7-23-8-6-20/h5-10H2,1-4H3. The van der Waals surface area contributed by atoms with Gasteiger partial charge in [-0.15, -0.1) is 0 Å². The van der Waals surface area contributed by atoms with Crippen LogP contribution in [0.15, 0.2) is 5.16 Å². The van der Waals surface area contributed by atoms with E-state index >= 15 is 0 Å². The number of aromatic nitrogens is 2. The lowest BCUT2D eigenvalue weighted by Crippen LogP contribution is -2.46. The zero-order valence-corrected chi connectivity index (χ0v) is 15.5. The highest BCUT2D eigenvalue weighted by molar-refractivity contribution is 7.99. The predicted octanol–water partition coefficient (Wildman–Crippen LogP) is 0.811. The van der Waals surface area contributed by atoms with Crippen molar-refractivity contribution in [3.8, 4) is 0 Å². The maximum absolute atomic E-state index is 12.2. The molecule has 1 aromatic rings. The summed E-state index contributed by atoms with van der Waals surface area (Å²) in [6.07, 6.45) is 0. The van der Waals surface area contributed by atoms with Crippen LogP contribution in [0.2, 0.25) is 0 Å². The van der Waals surface area contributed by atoms with Gasteiger partial charge in [0.1, 0.15) is 0 Å². The molecule has 0 bridgehead atoms. The van der Waals surface area contributed by atoms with Crippen LogP contribution in [0.3, 0.4) is 0 Å². The second-order valence-electron chi connectivity index (χ2n) is 5.83. The first-order chi connectivity index (χ1) is 11.4. The number of morpholine rings is 1. The number of amides is 2. The van der Waals surface area contributed by atoms with Gasteiger partial charge in [0.05, 0.1) is 25.5 Å². The van der Waals surface area contributed by atoms with Crippen LogP contribution >= 0.6 is 11.8 Å². The summed E-state index contributed by atoms with van der Waals surface area (Å²) in [6.45, 7) is 8.23. The molecule has 1 aliphatic heterocycles. The van der Waals surface area contributed by atoms with Gasteiger partial charge in [0.15, 0.2) is 5.16 Å². The molecule has 0 spiro atoms. The Balaban J connectivity index is 1.84. The van der Waals surface area contributed by atoms with Crippen molar-refractivity contribution in [2.24, 2.45) is 0 Å². The summed E-state index contributed by atoms with van der Waals surface area (Å²) in [5.74, 6) is 0.0629. The monoisotopic (exact) mass is 352 g/mol. The Labute approximate surface area is 146 Å². The first kappa shape index (κ1) is 18.7. The van der Waals surface area contributed by atoms with E-state index in [1.54, 1.807) is 11.9 Å². The molecule has 2 heterocycles. The van der Waals surface area contributed by atoms with Crippen molar-refractivity contribution in [3.05, 3.63) is 17.0 Å². The summed E-state index contributed by atoms with van der Waals surface area (Å²) in [5.41, 5.74) is 2.92. The van der Waals surface area contributed by atoms with Crippen LogP contribution < -0.4 is 0 Å². The topological polar surface area (TPSA) is 75.6 Å². The van der Waals surface area contributed by atoms with Gasteiger partial charge in [-0.3, -0.25) is 9.59 Å². The highest BCUT2D eigenvalue weighted by Gasteiger charge is 2.20. The number of carbonyl (C=O) groups excluding carboxylic acids is 2. The number of ether oxygens (including phenoxy) is 1. The second kappa shape index (κ2) is 8.43. The average Bonchev–Trinajstić information content (AvgIpc) is 2.58. The third-order valence-corrected chi connectivity index (χ3v) is 4.93. The highest BCUT2D eigenvalue weighted by atomic mass is 32.2. The van der Waals surface area contributed by atoms with E-state index in [-0.39, 0.29) is 24.1 Å². The smallest absolute Gasteiger partial charge is 0.242 e. The van der Waals surface area contributed by atoms with Gasteiger partial charge in [0.25, 0.3) is 0 Å². The first-order valence-electron chi connectivity index (χ1n) is 7.92. The van der Waals surface area contributed by atoms with Crippen molar-refractivity contribution >= 4 is 23.6 Å². The largest absolute Gasteiger partial charge is 0.378 e. The molecular formula is C16H24N4O3S. The lowest BCUT2D eigenvalue weighted by Gasteiger charge is -2.28. The molecule has 24 heavy (non-hydrogen) atoms. The fourth-order valence-electron chi connectivity index (χ4n) is 2.25. The Morgan fingerprint density at radius 3 is 2.33 bits per heavy atom. The van der Waals surface area contributed by atoms with Gasteiger partial charge >= 0.3 is 0 Å². The molecule has 1 saturated heterocycles. The molecule has 0 radical (unpaired) electrons. The Bertz CT molecular complexity index is 594. The molecule has 0 N–H and O–H groups in total. The van der Waals surface area contributed by atoms with Crippen LogP contribution in [0.5, 0.6) is 0 Å². The van der Waals surface area contributed by atoms with Gasteiger partial charge in [-0.25, -0.2) is 9.97 Å². The molecule has 0 aromatic carbocycles. The Hall–Kier alpha value is -1.67. The molecule has 0 unspecified atom stereocenters. The molecule has 1 aromatic heterocycles. The summed E-state index contributed by atoms with van der Waals surface area (Å²) in [4.78, 5) is 36.4. The third-order valence-electron chi connectivity index (χ3n) is 4.10. The van der Waals surface area contributed by atoms with Crippen LogP contribution in [-0.4, -0.2) is 77.2 Å². The summed E-state index contributed by atoms with van der Waals surface area (Å²) in [6, 6.07) is 0. The minimum absolute atomic E-state index is 0.0441. The predicted molar refractivity (Wildman–Crippen MR) is 92.0 cm³/mol. The highest BCUT2D eigenvalue weighted by Crippen LogP contribution is 2.17. The number of rotatable bonds is 5. The van der Waals surface area contributed by atoms with Crippen molar-refractivity contribution in [1.29, 1.82) is 0 Å². The van der Waals surface area contributed by atoms with E-state index in [0.29, 0.717) is 31.5 Å². The van der Waals surface area contributed by atoms with Gasteiger partial charge in [-0.1, -0.05) is 11.8 Å². The molecule has 0 aliphatic carbocycles. The number of hydrogen-bond donors (Lipinski definition) is 0. The Morgan fingerprint density at radius 2 is 1.75 bits per heavy atom. The van der Waals surface area contributed by atoms with Crippen LogP contribution in [-0.2, 0) is 14.3 Å². The molecule has 7 nitrogen and oxygen atoms in total. The summed E-state index contributed by atoms with van der Waals surface area (Å²) in [7, 11) is 1.65. The number of thioether (sulfide) groups is 1. The lowest BCUT2D eigenvalue weighted by molar-refractivity contribution is -0.140. The number of aryl methyl sites for hydroxylation is 2. The SMILES string of the molecule is Cc1nc(SCC(=O)N(C)CC(=O)N2CCOCC2)nc(C)c1C. The Kier molecular flexibility index (Phi) is 6.56. The van der Waals surface area contributed by atoms with Crippen LogP contribution in [0.1, 0.15) is 17.0 Å². The molecular weight excluding hydrogens is 328 g/mol. The van der Waals surface area contributed by atoms with Crippen molar-refractivity contribution in [1.82, 2.24) is 19.8 Å². The second-order valence-corrected chi connectivity index (χ2v) is 6.78. The van der Waals surface area contributed by atoms with Gasteiger partial charge in [0.2, 0.25) is 11.8 Å². The lowest BCUT2D eigenvalue weighted by atomic mass is 10.2. The van der Waals surface area contributed by atoms with Gasteiger partial charge in [-0.05, 0) is 26.3 Å². The molecule has 2 rings (SSSR count). The molecule has 0 saturated carbocycles. The van der Waals surface area contributed by atoms with E-state index in [0.717, 1.165) is 17.0 Å². The molecule has 0 atom stereocenters. The van der Waals surface area contributed by atoms with Gasteiger partial charge in [0, 0.05) is 31.5 Å². The summed E-state index contributed by atoms with van der Waals surface area (Å²) < 4.78 is 5.23. The first-order valence-corrected chi connectivity index (χ1v) is 8.91.